The van der Waals surface area contributed by atoms with Gasteiger partial charge in [0.25, 0.3) is 0 Å². The summed E-state index contributed by atoms with van der Waals surface area (Å²) in [5.74, 6) is 1.04. The number of para-hydroxylation sites is 1. The minimum Gasteiger partial charge on any atom is -0.316 e. The molecule has 2 aliphatic heterocycles. The van der Waals surface area contributed by atoms with Crippen molar-refractivity contribution in [2.75, 3.05) is 9.80 Å². The monoisotopic (exact) mass is 499 g/mol. The highest BCUT2D eigenvalue weighted by Gasteiger charge is 2.62. The Morgan fingerprint density at radius 2 is 1.55 bits per heavy atom. The SMILES string of the molecule is C=CCC1(CC)c2ccccc2N2c3cccnc3N(c3ccc(-c4ccccc4)cc3C)C2C1(C)CC. The predicted octanol–water partition coefficient (Wildman–Crippen LogP) is 9.33. The van der Waals surface area contributed by atoms with Gasteiger partial charge in [-0.1, -0.05) is 81.4 Å². The van der Waals surface area contributed by atoms with Crippen molar-refractivity contribution in [2.24, 2.45) is 5.41 Å². The molecule has 0 amide bonds. The molecule has 38 heavy (non-hydrogen) atoms. The van der Waals surface area contributed by atoms with E-state index < -0.39 is 0 Å². The molecule has 0 radical (unpaired) electrons. The summed E-state index contributed by atoms with van der Waals surface area (Å²) in [5.41, 5.74) is 8.75. The normalized spacial score (nSPS) is 23.5. The van der Waals surface area contributed by atoms with Gasteiger partial charge in [0.15, 0.2) is 5.82 Å². The molecule has 192 valence electrons. The lowest BCUT2D eigenvalue weighted by Gasteiger charge is -2.60. The van der Waals surface area contributed by atoms with Gasteiger partial charge in [0.2, 0.25) is 0 Å². The number of hydrogen-bond acceptors (Lipinski definition) is 3. The van der Waals surface area contributed by atoms with Gasteiger partial charge in [-0.3, -0.25) is 0 Å². The summed E-state index contributed by atoms with van der Waals surface area (Å²) in [6, 6.07) is 30.9. The maximum atomic E-state index is 5.02. The largest absolute Gasteiger partial charge is 0.316 e. The minimum absolute atomic E-state index is 0.0422. The number of hydrogen-bond donors (Lipinski definition) is 0. The van der Waals surface area contributed by atoms with Crippen LogP contribution >= 0.6 is 0 Å². The van der Waals surface area contributed by atoms with E-state index in [-0.39, 0.29) is 17.0 Å². The zero-order valence-electron chi connectivity index (χ0n) is 23.0. The van der Waals surface area contributed by atoms with Gasteiger partial charge in [-0.05, 0) is 78.8 Å². The molecule has 3 nitrogen and oxygen atoms in total. The van der Waals surface area contributed by atoms with E-state index in [2.05, 4.69) is 135 Å². The summed E-state index contributed by atoms with van der Waals surface area (Å²) in [6.45, 7) is 13.7. The number of rotatable bonds is 6. The molecule has 3 heteroatoms. The van der Waals surface area contributed by atoms with Crippen LogP contribution in [0, 0.1) is 12.3 Å². The number of benzene rings is 3. The van der Waals surface area contributed by atoms with Gasteiger partial charge in [0, 0.05) is 28.4 Å². The second-order valence-electron chi connectivity index (χ2n) is 11.0. The van der Waals surface area contributed by atoms with E-state index in [0.29, 0.717) is 0 Å². The molecular formula is C35H37N3. The second kappa shape index (κ2) is 9.16. The first-order valence-electron chi connectivity index (χ1n) is 13.9. The van der Waals surface area contributed by atoms with E-state index in [9.17, 15) is 0 Å². The molecular weight excluding hydrogens is 462 g/mol. The van der Waals surface area contributed by atoms with Crippen LogP contribution in [0.15, 0.2) is 104 Å². The Bertz CT molecular complexity index is 1490. The standard InChI is InChI=1S/C35H37N3/c1-6-22-35(8-3)28-17-12-13-18-30(28)37-31-19-14-23-36-32(31)38(33(37)34(35,5)7-2)29-21-20-27(24-25(29)4)26-15-10-9-11-16-26/h6,9-21,23-24,33H,1,7-8,22H2,2-5H3. The smallest absolute Gasteiger partial charge is 0.158 e. The van der Waals surface area contributed by atoms with Gasteiger partial charge in [0.05, 0.1) is 5.69 Å². The van der Waals surface area contributed by atoms with Gasteiger partial charge in [0.1, 0.15) is 6.17 Å². The quantitative estimate of drug-likeness (QED) is 0.246. The van der Waals surface area contributed by atoms with Crippen molar-refractivity contribution in [3.05, 3.63) is 115 Å². The zero-order chi connectivity index (χ0) is 26.5. The Balaban J connectivity index is 1.61. The predicted molar refractivity (Wildman–Crippen MR) is 161 cm³/mol. The van der Waals surface area contributed by atoms with Crippen molar-refractivity contribution in [3.63, 3.8) is 0 Å². The number of allylic oxidation sites excluding steroid dienone is 1. The lowest BCUT2D eigenvalue weighted by Crippen LogP contribution is -2.63. The second-order valence-corrected chi connectivity index (χ2v) is 11.0. The summed E-state index contributed by atoms with van der Waals surface area (Å²) in [7, 11) is 0. The maximum absolute atomic E-state index is 5.02. The average molecular weight is 500 g/mol. The summed E-state index contributed by atoms with van der Waals surface area (Å²) < 4.78 is 0. The fraction of sp³-hybridized carbons (Fsp3) is 0.286. The molecule has 3 heterocycles. The molecule has 4 aromatic rings. The van der Waals surface area contributed by atoms with Crippen LogP contribution in [0.2, 0.25) is 0 Å². The molecule has 0 bridgehead atoms. The van der Waals surface area contributed by atoms with Crippen LogP contribution < -0.4 is 9.80 Å². The van der Waals surface area contributed by atoms with Crippen LogP contribution in [0.5, 0.6) is 0 Å². The lowest BCUT2D eigenvalue weighted by molar-refractivity contribution is 0.0831. The zero-order valence-corrected chi connectivity index (χ0v) is 23.0. The fourth-order valence-corrected chi connectivity index (χ4v) is 7.43. The van der Waals surface area contributed by atoms with Gasteiger partial charge in [-0.25, -0.2) is 4.98 Å². The topological polar surface area (TPSA) is 19.4 Å². The number of aromatic nitrogens is 1. The number of nitrogens with zero attached hydrogens (tertiary/aromatic N) is 3. The van der Waals surface area contributed by atoms with Gasteiger partial charge >= 0.3 is 0 Å². The van der Waals surface area contributed by atoms with Crippen molar-refractivity contribution in [1.29, 1.82) is 0 Å². The molecule has 3 atom stereocenters. The highest BCUT2D eigenvalue weighted by Crippen LogP contribution is 2.65. The molecule has 1 aromatic heterocycles. The van der Waals surface area contributed by atoms with Crippen LogP contribution in [0.25, 0.3) is 11.1 Å². The highest BCUT2D eigenvalue weighted by atomic mass is 15.5. The van der Waals surface area contributed by atoms with Crippen LogP contribution in [0.1, 0.15) is 51.2 Å². The number of anilines is 4. The highest BCUT2D eigenvalue weighted by molar-refractivity contribution is 5.90. The summed E-state index contributed by atoms with van der Waals surface area (Å²) in [6.07, 6.45) is 7.19. The third-order valence-corrected chi connectivity index (χ3v) is 9.48. The van der Waals surface area contributed by atoms with E-state index in [1.165, 1.54) is 39.3 Å². The Morgan fingerprint density at radius 1 is 0.816 bits per heavy atom. The van der Waals surface area contributed by atoms with E-state index in [1.54, 1.807) is 0 Å². The minimum atomic E-state index is -0.0739. The molecule has 0 saturated carbocycles. The molecule has 3 unspecified atom stereocenters. The molecule has 0 saturated heterocycles. The summed E-state index contributed by atoms with van der Waals surface area (Å²) >= 11 is 0. The average Bonchev–Trinajstić information content (AvgIpc) is 3.31. The van der Waals surface area contributed by atoms with Crippen molar-refractivity contribution in [3.8, 4) is 11.1 Å². The lowest BCUT2D eigenvalue weighted by atomic mass is 9.52. The van der Waals surface area contributed by atoms with Crippen LogP contribution in [0.4, 0.5) is 22.9 Å². The van der Waals surface area contributed by atoms with Crippen molar-refractivity contribution in [1.82, 2.24) is 4.98 Å². The third-order valence-electron chi connectivity index (χ3n) is 9.48. The van der Waals surface area contributed by atoms with Crippen LogP contribution in [-0.4, -0.2) is 11.1 Å². The van der Waals surface area contributed by atoms with Gasteiger partial charge < -0.3 is 9.80 Å². The molecule has 0 N–H and O–H groups in total. The number of fused-ring (bicyclic) bond motifs is 5. The molecule has 0 spiro atoms. The van der Waals surface area contributed by atoms with E-state index in [1.807, 2.05) is 6.20 Å². The fourth-order valence-electron chi connectivity index (χ4n) is 7.43. The summed E-state index contributed by atoms with van der Waals surface area (Å²) in [5, 5.41) is 0. The Kier molecular flexibility index (Phi) is 5.90. The van der Waals surface area contributed by atoms with Crippen LogP contribution in [0.3, 0.4) is 0 Å². The molecule has 3 aromatic carbocycles. The number of aryl methyl sites for hydroxylation is 1. The first-order valence-corrected chi connectivity index (χ1v) is 13.9. The van der Waals surface area contributed by atoms with E-state index in [4.69, 9.17) is 4.98 Å². The van der Waals surface area contributed by atoms with Crippen molar-refractivity contribution in [2.45, 2.75) is 58.5 Å². The maximum Gasteiger partial charge on any atom is 0.158 e. The first kappa shape index (κ1) is 24.5. The molecule has 0 fully saturated rings. The van der Waals surface area contributed by atoms with E-state index in [0.717, 1.165) is 25.1 Å². The van der Waals surface area contributed by atoms with Gasteiger partial charge in [-0.2, -0.15) is 0 Å². The van der Waals surface area contributed by atoms with Crippen LogP contribution in [-0.2, 0) is 5.41 Å². The van der Waals surface area contributed by atoms with Crippen molar-refractivity contribution >= 4 is 22.9 Å². The number of pyridine rings is 1. The molecule has 0 aliphatic carbocycles. The Labute approximate surface area is 227 Å². The van der Waals surface area contributed by atoms with E-state index >= 15 is 0 Å². The Morgan fingerprint density at radius 3 is 2.26 bits per heavy atom. The third kappa shape index (κ3) is 3.24. The molecule has 2 aliphatic rings. The van der Waals surface area contributed by atoms with Gasteiger partial charge in [-0.15, -0.1) is 6.58 Å². The van der Waals surface area contributed by atoms with Crippen molar-refractivity contribution < 1.29 is 0 Å². The first-order chi connectivity index (χ1) is 18.5. The Hall–Kier alpha value is -3.85. The molecule has 6 rings (SSSR count). The summed E-state index contributed by atoms with van der Waals surface area (Å²) in [4.78, 5) is 10.1.